The predicted molar refractivity (Wildman–Crippen MR) is 84.4 cm³/mol. The van der Waals surface area contributed by atoms with Gasteiger partial charge in [-0.3, -0.25) is 9.69 Å². The number of likely N-dealkylation sites (tertiary alicyclic amines) is 1. The van der Waals surface area contributed by atoms with Gasteiger partial charge in [0.1, 0.15) is 5.54 Å². The lowest BCUT2D eigenvalue weighted by Crippen LogP contribution is -2.53. The van der Waals surface area contributed by atoms with Crippen molar-refractivity contribution in [1.82, 2.24) is 14.9 Å². The van der Waals surface area contributed by atoms with Gasteiger partial charge in [-0.1, -0.05) is 13.8 Å². The van der Waals surface area contributed by atoms with Crippen LogP contribution in [0.4, 0.5) is 0 Å². The molecule has 0 spiro atoms. The first-order valence-corrected chi connectivity index (χ1v) is 9.37. The van der Waals surface area contributed by atoms with Crippen LogP contribution in [0.3, 0.4) is 0 Å². The third-order valence-corrected chi connectivity index (χ3v) is 4.88. The van der Waals surface area contributed by atoms with E-state index in [2.05, 4.69) is 16.1 Å². The average Bonchev–Trinajstić information content (AvgIpc) is 2.39. The van der Waals surface area contributed by atoms with Crippen LogP contribution in [0, 0.1) is 17.2 Å². The first-order chi connectivity index (χ1) is 10.1. The van der Waals surface area contributed by atoms with E-state index < -0.39 is 15.6 Å². The molecule has 1 amide bonds. The number of carbonyl (C=O) groups is 1. The molecule has 22 heavy (non-hydrogen) atoms. The van der Waals surface area contributed by atoms with Gasteiger partial charge < -0.3 is 5.32 Å². The largest absolute Gasteiger partial charge is 0.337 e. The van der Waals surface area contributed by atoms with Gasteiger partial charge in [-0.15, -0.1) is 0 Å². The topological polar surface area (TPSA) is 102 Å². The highest BCUT2D eigenvalue weighted by Crippen LogP contribution is 2.15. The summed E-state index contributed by atoms with van der Waals surface area (Å²) in [5.41, 5.74) is -0.868. The van der Waals surface area contributed by atoms with Crippen molar-refractivity contribution in [2.75, 3.05) is 25.9 Å². The van der Waals surface area contributed by atoms with Crippen LogP contribution in [0.15, 0.2) is 0 Å². The van der Waals surface area contributed by atoms with Crippen LogP contribution in [0.2, 0.25) is 0 Å². The fourth-order valence-corrected chi connectivity index (χ4v) is 3.19. The van der Waals surface area contributed by atoms with Crippen molar-refractivity contribution < 1.29 is 13.2 Å². The standard InChI is InChI=1S/C14H26N4O3S/c1-11(2)14(3,10-15)16-13(19)9-18-7-5-12(6-8-18)17-22(4,20)21/h11-12,17H,5-9H2,1-4H3,(H,16,19). The van der Waals surface area contributed by atoms with E-state index in [1.807, 2.05) is 18.7 Å². The van der Waals surface area contributed by atoms with Gasteiger partial charge >= 0.3 is 0 Å². The summed E-state index contributed by atoms with van der Waals surface area (Å²) < 4.78 is 25.0. The molecule has 0 bridgehead atoms. The number of nitrogens with zero attached hydrogens (tertiary/aromatic N) is 2. The highest BCUT2D eigenvalue weighted by Gasteiger charge is 2.31. The zero-order valence-electron chi connectivity index (χ0n) is 13.7. The summed E-state index contributed by atoms with van der Waals surface area (Å²) in [6.45, 7) is 7.06. The number of nitriles is 1. The first-order valence-electron chi connectivity index (χ1n) is 7.47. The van der Waals surface area contributed by atoms with E-state index in [1.54, 1.807) is 6.92 Å². The number of nitrogens with one attached hydrogen (secondary N) is 2. The normalized spacial score (nSPS) is 20.4. The molecule has 126 valence electrons. The van der Waals surface area contributed by atoms with Crippen LogP contribution < -0.4 is 10.0 Å². The Balaban J connectivity index is 2.44. The van der Waals surface area contributed by atoms with Crippen molar-refractivity contribution in [2.45, 2.75) is 45.2 Å². The highest BCUT2D eigenvalue weighted by molar-refractivity contribution is 7.88. The molecule has 0 aromatic rings. The van der Waals surface area contributed by atoms with Gasteiger partial charge in [0.2, 0.25) is 15.9 Å². The lowest BCUT2D eigenvalue weighted by Gasteiger charge is -2.33. The maximum atomic E-state index is 12.1. The molecule has 1 fully saturated rings. The molecule has 1 saturated heterocycles. The summed E-state index contributed by atoms with van der Waals surface area (Å²) in [7, 11) is -3.19. The molecule has 0 saturated carbocycles. The Kier molecular flexibility index (Phi) is 6.35. The summed E-state index contributed by atoms with van der Waals surface area (Å²) in [5, 5.41) is 12.0. The zero-order valence-corrected chi connectivity index (χ0v) is 14.5. The second kappa shape index (κ2) is 7.40. The number of rotatable bonds is 6. The lowest BCUT2D eigenvalue weighted by molar-refractivity contribution is -0.124. The van der Waals surface area contributed by atoms with Crippen molar-refractivity contribution in [1.29, 1.82) is 5.26 Å². The van der Waals surface area contributed by atoms with E-state index in [1.165, 1.54) is 0 Å². The quantitative estimate of drug-likeness (QED) is 0.717. The monoisotopic (exact) mass is 330 g/mol. The maximum Gasteiger partial charge on any atom is 0.235 e. The minimum atomic E-state index is -3.19. The predicted octanol–water partition coefficient (Wildman–Crippen LogP) is 0.0545. The SMILES string of the molecule is CC(C)C(C)(C#N)NC(=O)CN1CCC(NS(C)(=O)=O)CC1. The van der Waals surface area contributed by atoms with E-state index >= 15 is 0 Å². The molecule has 1 atom stereocenters. The molecule has 7 nitrogen and oxygen atoms in total. The molecule has 0 aliphatic carbocycles. The third-order valence-electron chi connectivity index (χ3n) is 4.12. The molecule has 0 radical (unpaired) electrons. The Hall–Kier alpha value is -1.17. The van der Waals surface area contributed by atoms with Crippen LogP contribution in [0.1, 0.15) is 33.6 Å². The molecule has 1 aliphatic heterocycles. The number of hydrogen-bond donors (Lipinski definition) is 2. The summed E-state index contributed by atoms with van der Waals surface area (Å²) >= 11 is 0. The summed E-state index contributed by atoms with van der Waals surface area (Å²) in [6, 6.07) is 2.09. The van der Waals surface area contributed by atoms with Crippen LogP contribution in [-0.2, 0) is 14.8 Å². The second-order valence-electron chi connectivity index (χ2n) is 6.46. The Morgan fingerprint density at radius 2 is 1.95 bits per heavy atom. The molecule has 1 heterocycles. The molecule has 2 N–H and O–H groups in total. The Morgan fingerprint density at radius 1 is 1.41 bits per heavy atom. The zero-order chi connectivity index (χ0) is 17.0. The first kappa shape index (κ1) is 18.9. The fraction of sp³-hybridized carbons (Fsp3) is 0.857. The Labute approximate surface area is 133 Å². The number of piperidine rings is 1. The van der Waals surface area contributed by atoms with Gasteiger partial charge in [-0.25, -0.2) is 13.1 Å². The molecular formula is C14H26N4O3S. The van der Waals surface area contributed by atoms with Crippen LogP contribution in [0.5, 0.6) is 0 Å². The van der Waals surface area contributed by atoms with Gasteiger partial charge in [0.05, 0.1) is 18.9 Å². The highest BCUT2D eigenvalue weighted by atomic mass is 32.2. The molecule has 1 aliphatic rings. The molecular weight excluding hydrogens is 304 g/mol. The minimum Gasteiger partial charge on any atom is -0.337 e. The van der Waals surface area contributed by atoms with Gasteiger partial charge in [-0.2, -0.15) is 5.26 Å². The smallest absolute Gasteiger partial charge is 0.235 e. The number of amides is 1. The number of carbonyl (C=O) groups excluding carboxylic acids is 1. The van der Waals surface area contributed by atoms with E-state index in [-0.39, 0.29) is 24.4 Å². The van der Waals surface area contributed by atoms with Crippen LogP contribution in [0.25, 0.3) is 0 Å². The molecule has 1 rings (SSSR count). The number of sulfonamides is 1. The van der Waals surface area contributed by atoms with Crippen molar-refractivity contribution in [3.63, 3.8) is 0 Å². The summed E-state index contributed by atoms with van der Waals surface area (Å²) in [5.74, 6) is -0.154. The van der Waals surface area contributed by atoms with Gasteiger partial charge in [0.25, 0.3) is 0 Å². The van der Waals surface area contributed by atoms with Crippen molar-refractivity contribution in [3.05, 3.63) is 0 Å². The Bertz CT molecular complexity index is 533. The fourth-order valence-electron chi connectivity index (χ4n) is 2.35. The summed E-state index contributed by atoms with van der Waals surface area (Å²) in [6.07, 6.45) is 2.52. The van der Waals surface area contributed by atoms with Crippen LogP contribution in [-0.4, -0.2) is 56.7 Å². The van der Waals surface area contributed by atoms with Crippen LogP contribution >= 0.6 is 0 Å². The second-order valence-corrected chi connectivity index (χ2v) is 8.24. The van der Waals surface area contributed by atoms with E-state index in [0.29, 0.717) is 25.9 Å². The van der Waals surface area contributed by atoms with Crippen molar-refractivity contribution >= 4 is 15.9 Å². The maximum absolute atomic E-state index is 12.1. The number of hydrogen-bond acceptors (Lipinski definition) is 5. The molecule has 1 unspecified atom stereocenters. The van der Waals surface area contributed by atoms with Gasteiger partial charge in [0, 0.05) is 19.1 Å². The minimum absolute atomic E-state index is 0.0196. The summed E-state index contributed by atoms with van der Waals surface area (Å²) in [4.78, 5) is 14.1. The Morgan fingerprint density at radius 3 is 2.36 bits per heavy atom. The third kappa shape index (κ3) is 5.91. The molecule has 0 aromatic carbocycles. The lowest BCUT2D eigenvalue weighted by atomic mass is 9.90. The van der Waals surface area contributed by atoms with E-state index in [4.69, 9.17) is 0 Å². The van der Waals surface area contributed by atoms with Gasteiger partial charge in [-0.05, 0) is 25.7 Å². The van der Waals surface area contributed by atoms with Crippen molar-refractivity contribution in [2.24, 2.45) is 5.92 Å². The van der Waals surface area contributed by atoms with E-state index in [0.717, 1.165) is 6.26 Å². The molecule has 8 heteroatoms. The van der Waals surface area contributed by atoms with E-state index in [9.17, 15) is 18.5 Å². The average molecular weight is 330 g/mol. The molecule has 0 aromatic heterocycles. The van der Waals surface area contributed by atoms with Crippen molar-refractivity contribution in [3.8, 4) is 6.07 Å². The van der Waals surface area contributed by atoms with Gasteiger partial charge in [0.15, 0.2) is 0 Å².